The van der Waals surface area contributed by atoms with E-state index in [2.05, 4.69) is 11.6 Å². The van der Waals surface area contributed by atoms with Crippen molar-refractivity contribution in [1.29, 1.82) is 0 Å². The number of likely N-dealkylation sites (tertiary alicyclic amines) is 1. The maximum Gasteiger partial charge on any atom is 0.334 e. The van der Waals surface area contributed by atoms with Crippen molar-refractivity contribution in [1.82, 2.24) is 19.0 Å². The summed E-state index contributed by atoms with van der Waals surface area (Å²) in [6.07, 6.45) is 4.09. The average molecular weight is 441 g/mol. The van der Waals surface area contributed by atoms with Crippen LogP contribution in [0.15, 0.2) is 90.0 Å². The van der Waals surface area contributed by atoms with Crippen LogP contribution in [0.25, 0.3) is 16.7 Å². The van der Waals surface area contributed by atoms with E-state index < -0.39 is 0 Å². The number of carbonyl (C=O) groups excluding carboxylic acids is 1. The minimum atomic E-state index is -0.163. The Morgan fingerprint density at radius 2 is 1.85 bits per heavy atom. The van der Waals surface area contributed by atoms with Crippen LogP contribution in [0.3, 0.4) is 0 Å². The number of aromatic nitrogens is 3. The van der Waals surface area contributed by atoms with Crippen molar-refractivity contribution in [2.24, 2.45) is 0 Å². The lowest BCUT2D eigenvalue weighted by Gasteiger charge is -2.17. The third-order valence-corrected chi connectivity index (χ3v) is 5.91. The van der Waals surface area contributed by atoms with E-state index in [1.54, 1.807) is 33.4 Å². The summed E-state index contributed by atoms with van der Waals surface area (Å²) in [6, 6.07) is 18.7. The number of ether oxygens (including phenoxy) is 1. The average Bonchev–Trinajstić information content (AvgIpc) is 3.41. The molecule has 0 spiro atoms. The van der Waals surface area contributed by atoms with Crippen LogP contribution < -0.4 is 10.4 Å². The highest BCUT2D eigenvalue weighted by molar-refractivity contribution is 5.92. The Balaban J connectivity index is 1.55. The molecule has 0 N–H and O–H groups in total. The molecule has 1 aliphatic rings. The predicted molar refractivity (Wildman–Crippen MR) is 127 cm³/mol. The van der Waals surface area contributed by atoms with Gasteiger partial charge in [0.15, 0.2) is 0 Å². The molecule has 1 amide bonds. The van der Waals surface area contributed by atoms with Crippen molar-refractivity contribution in [2.75, 3.05) is 13.1 Å². The zero-order valence-corrected chi connectivity index (χ0v) is 18.3. The van der Waals surface area contributed by atoms with Gasteiger partial charge in [-0.3, -0.25) is 18.9 Å². The fraction of sp³-hybridized carbons (Fsp3) is 0.192. The number of rotatable bonds is 5. The number of pyridine rings is 1. The molecular formula is C26H24N4O3. The number of hydrogen-bond acceptors (Lipinski definition) is 4. The van der Waals surface area contributed by atoms with Crippen molar-refractivity contribution < 1.29 is 9.53 Å². The van der Waals surface area contributed by atoms with Gasteiger partial charge < -0.3 is 9.64 Å². The molecule has 5 rings (SSSR count). The third kappa shape index (κ3) is 3.82. The molecular weight excluding hydrogens is 416 g/mol. The highest BCUT2D eigenvalue weighted by Gasteiger charge is 2.31. The molecule has 1 saturated heterocycles. The summed E-state index contributed by atoms with van der Waals surface area (Å²) in [5.74, 6) is 1.29. The summed E-state index contributed by atoms with van der Waals surface area (Å²) >= 11 is 0. The van der Waals surface area contributed by atoms with E-state index in [0.29, 0.717) is 42.0 Å². The predicted octanol–water partition coefficient (Wildman–Crippen LogP) is 4.33. The first-order chi connectivity index (χ1) is 16.0. The Morgan fingerprint density at radius 3 is 2.64 bits per heavy atom. The number of carbonyl (C=O) groups is 1. The Morgan fingerprint density at radius 1 is 1.06 bits per heavy atom. The largest absolute Gasteiger partial charge is 0.457 e. The first-order valence-electron chi connectivity index (χ1n) is 10.9. The molecule has 2 aromatic carbocycles. The topological polar surface area (TPSA) is 69.4 Å². The molecule has 4 aromatic rings. The summed E-state index contributed by atoms with van der Waals surface area (Å²) in [5, 5.41) is 0. The first-order valence-corrected chi connectivity index (χ1v) is 10.9. The number of imidazole rings is 1. The number of benzene rings is 2. The van der Waals surface area contributed by atoms with E-state index in [9.17, 15) is 9.59 Å². The van der Waals surface area contributed by atoms with Crippen LogP contribution in [0.1, 0.15) is 19.4 Å². The first kappa shape index (κ1) is 20.8. The van der Waals surface area contributed by atoms with Crippen LogP contribution in [-0.2, 0) is 4.79 Å². The van der Waals surface area contributed by atoms with Crippen molar-refractivity contribution >= 4 is 16.9 Å². The minimum Gasteiger partial charge on any atom is -0.457 e. The van der Waals surface area contributed by atoms with E-state index in [-0.39, 0.29) is 17.6 Å². The van der Waals surface area contributed by atoms with Gasteiger partial charge in [0.05, 0.1) is 29.0 Å². The molecule has 3 heterocycles. The van der Waals surface area contributed by atoms with E-state index in [1.165, 1.54) is 0 Å². The summed E-state index contributed by atoms with van der Waals surface area (Å²) in [7, 11) is 0. The molecule has 7 nitrogen and oxygen atoms in total. The molecule has 166 valence electrons. The summed E-state index contributed by atoms with van der Waals surface area (Å²) in [4.78, 5) is 32.1. The maximum atomic E-state index is 13.7. The second kappa shape index (κ2) is 8.43. The smallest absolute Gasteiger partial charge is 0.334 e. The van der Waals surface area contributed by atoms with Crippen molar-refractivity contribution in [3.63, 3.8) is 0 Å². The van der Waals surface area contributed by atoms with Crippen molar-refractivity contribution in [3.8, 4) is 17.2 Å². The molecule has 1 aliphatic heterocycles. The van der Waals surface area contributed by atoms with Crippen LogP contribution >= 0.6 is 0 Å². The highest BCUT2D eigenvalue weighted by atomic mass is 16.5. The molecule has 1 fully saturated rings. The van der Waals surface area contributed by atoms with Gasteiger partial charge in [-0.2, -0.15) is 0 Å². The zero-order chi connectivity index (χ0) is 22.9. The molecule has 0 unspecified atom stereocenters. The maximum absolute atomic E-state index is 13.7. The zero-order valence-electron chi connectivity index (χ0n) is 18.3. The second-order valence-corrected chi connectivity index (χ2v) is 8.24. The minimum absolute atomic E-state index is 0.0679. The third-order valence-electron chi connectivity index (χ3n) is 5.91. The van der Waals surface area contributed by atoms with Gasteiger partial charge in [-0.1, -0.05) is 30.8 Å². The van der Waals surface area contributed by atoms with Gasteiger partial charge in [0.1, 0.15) is 11.5 Å². The Labute approximate surface area is 191 Å². The Bertz CT molecular complexity index is 1400. The SMILES string of the molecule is C=C(C)C(=O)N1CC[C@@H](n2c(=O)n(-c3cccc(Oc4ccccc4)c3)c3cnccc32)C1. The normalized spacial score (nSPS) is 15.7. The highest BCUT2D eigenvalue weighted by Crippen LogP contribution is 2.28. The van der Waals surface area contributed by atoms with Crippen molar-refractivity contribution in [3.05, 3.63) is 95.7 Å². The number of nitrogens with zero attached hydrogens (tertiary/aromatic N) is 4. The summed E-state index contributed by atoms with van der Waals surface area (Å²) < 4.78 is 9.41. The molecule has 7 heteroatoms. The lowest BCUT2D eigenvalue weighted by molar-refractivity contribution is -0.126. The lowest BCUT2D eigenvalue weighted by atomic mass is 10.2. The van der Waals surface area contributed by atoms with Crippen LogP contribution in [0.4, 0.5) is 0 Å². The van der Waals surface area contributed by atoms with E-state index in [1.807, 2.05) is 60.7 Å². The Kier molecular flexibility index (Phi) is 5.30. The second-order valence-electron chi connectivity index (χ2n) is 8.24. The van der Waals surface area contributed by atoms with Gasteiger partial charge in [-0.15, -0.1) is 0 Å². The molecule has 1 atom stereocenters. The van der Waals surface area contributed by atoms with Crippen LogP contribution in [0, 0.1) is 0 Å². The van der Waals surface area contributed by atoms with Crippen molar-refractivity contribution in [2.45, 2.75) is 19.4 Å². The van der Waals surface area contributed by atoms with E-state index in [0.717, 1.165) is 11.3 Å². The molecule has 0 bridgehead atoms. The fourth-order valence-electron chi connectivity index (χ4n) is 4.39. The number of fused-ring (bicyclic) bond motifs is 1. The van der Waals surface area contributed by atoms with Crippen LogP contribution in [0.2, 0.25) is 0 Å². The van der Waals surface area contributed by atoms with Gasteiger partial charge >= 0.3 is 5.69 Å². The number of para-hydroxylation sites is 1. The monoisotopic (exact) mass is 440 g/mol. The van der Waals surface area contributed by atoms with Gasteiger partial charge in [0.2, 0.25) is 5.91 Å². The summed E-state index contributed by atoms with van der Waals surface area (Å²) in [6.45, 7) is 6.55. The molecule has 2 aromatic heterocycles. The molecule has 0 saturated carbocycles. The van der Waals surface area contributed by atoms with Crippen LogP contribution in [-0.4, -0.2) is 38.0 Å². The van der Waals surface area contributed by atoms with E-state index >= 15 is 0 Å². The number of hydrogen-bond donors (Lipinski definition) is 0. The van der Waals surface area contributed by atoms with Gasteiger partial charge in [0.25, 0.3) is 0 Å². The van der Waals surface area contributed by atoms with Gasteiger partial charge in [-0.05, 0) is 43.7 Å². The molecule has 0 radical (unpaired) electrons. The number of amides is 1. The van der Waals surface area contributed by atoms with Gasteiger partial charge in [-0.25, -0.2) is 4.79 Å². The fourth-order valence-corrected chi connectivity index (χ4v) is 4.39. The van der Waals surface area contributed by atoms with E-state index in [4.69, 9.17) is 4.74 Å². The molecule has 33 heavy (non-hydrogen) atoms. The standard InChI is InChI=1S/C26H24N4O3/c1-18(2)25(31)28-14-12-20(17-28)30-23-11-13-27-16-24(23)29(26(30)32)19-7-6-10-22(15-19)33-21-8-4-3-5-9-21/h3-11,13,15-16,20H,1,12,14,17H2,2H3/t20-/m1/s1. The lowest BCUT2D eigenvalue weighted by Crippen LogP contribution is -2.32. The quantitative estimate of drug-likeness (QED) is 0.433. The Hall–Kier alpha value is -4.13. The molecule has 0 aliphatic carbocycles. The van der Waals surface area contributed by atoms with Gasteiger partial charge in [0, 0.05) is 30.9 Å². The van der Waals surface area contributed by atoms with Crippen LogP contribution in [0.5, 0.6) is 11.5 Å². The summed E-state index contributed by atoms with van der Waals surface area (Å²) in [5.41, 5.74) is 2.54.